The average Bonchev–Trinajstić information content (AvgIpc) is 3.07. The summed E-state index contributed by atoms with van der Waals surface area (Å²) in [5.74, 6) is -0.122. The maximum atomic E-state index is 11.8. The molecule has 19 heavy (non-hydrogen) atoms. The number of aromatic nitrogens is 2. The number of nitrogens with zero attached hydrogens (tertiary/aromatic N) is 3. The summed E-state index contributed by atoms with van der Waals surface area (Å²) < 4.78 is 7.00. The maximum Gasteiger partial charge on any atom is 0.307 e. The van der Waals surface area contributed by atoms with E-state index >= 15 is 0 Å². The number of likely N-dealkylation sites (tertiary alicyclic amines) is 1. The summed E-state index contributed by atoms with van der Waals surface area (Å²) in [7, 11) is 0. The monoisotopic (exact) mass is 265 g/mol. The van der Waals surface area contributed by atoms with Gasteiger partial charge in [0.1, 0.15) is 0 Å². The topological polar surface area (TPSA) is 47.4 Å². The summed E-state index contributed by atoms with van der Waals surface area (Å²) >= 11 is 0. The summed E-state index contributed by atoms with van der Waals surface area (Å²) in [6.07, 6.45) is 6.76. The standard InChI is InChI=1S/C14H23N3O2/c1-3-17-11-12(10-15-17)13(9-14(18)19-4-2)16-7-5-6-8-16/h10-11,13H,3-9H2,1-2H3. The molecule has 1 unspecified atom stereocenters. The highest BCUT2D eigenvalue weighted by Gasteiger charge is 2.27. The zero-order valence-corrected chi connectivity index (χ0v) is 11.8. The zero-order valence-electron chi connectivity index (χ0n) is 11.8. The first-order chi connectivity index (χ1) is 9.24. The van der Waals surface area contributed by atoms with Crippen LogP contribution >= 0.6 is 0 Å². The van der Waals surface area contributed by atoms with Crippen LogP contribution in [0.5, 0.6) is 0 Å². The van der Waals surface area contributed by atoms with Gasteiger partial charge >= 0.3 is 5.97 Å². The third-order valence-corrected chi connectivity index (χ3v) is 3.61. The smallest absolute Gasteiger partial charge is 0.307 e. The van der Waals surface area contributed by atoms with Gasteiger partial charge in [0.15, 0.2) is 0 Å². The van der Waals surface area contributed by atoms with Crippen LogP contribution in [-0.2, 0) is 16.1 Å². The third kappa shape index (κ3) is 3.56. The van der Waals surface area contributed by atoms with Crippen molar-refractivity contribution in [3.8, 4) is 0 Å². The van der Waals surface area contributed by atoms with Gasteiger partial charge in [-0.3, -0.25) is 14.4 Å². The average molecular weight is 265 g/mol. The van der Waals surface area contributed by atoms with Crippen LogP contribution in [0.2, 0.25) is 0 Å². The molecule has 0 spiro atoms. The normalized spacial score (nSPS) is 17.6. The minimum Gasteiger partial charge on any atom is -0.466 e. The van der Waals surface area contributed by atoms with Crippen molar-refractivity contribution in [3.63, 3.8) is 0 Å². The first-order valence-electron chi connectivity index (χ1n) is 7.16. The Labute approximate surface area is 114 Å². The van der Waals surface area contributed by atoms with Crippen LogP contribution in [0.25, 0.3) is 0 Å². The highest BCUT2D eigenvalue weighted by molar-refractivity contribution is 5.70. The van der Waals surface area contributed by atoms with Crippen molar-refractivity contribution in [1.29, 1.82) is 0 Å². The maximum absolute atomic E-state index is 11.8. The second-order valence-electron chi connectivity index (χ2n) is 4.90. The zero-order chi connectivity index (χ0) is 13.7. The molecule has 0 bridgehead atoms. The van der Waals surface area contributed by atoms with E-state index in [2.05, 4.69) is 16.9 Å². The number of hydrogen-bond donors (Lipinski definition) is 0. The van der Waals surface area contributed by atoms with Gasteiger partial charge in [-0.1, -0.05) is 0 Å². The first kappa shape index (κ1) is 14.1. The molecule has 106 valence electrons. The Kier molecular flexibility index (Phi) is 4.96. The van der Waals surface area contributed by atoms with Crippen LogP contribution in [0.15, 0.2) is 12.4 Å². The highest BCUT2D eigenvalue weighted by atomic mass is 16.5. The second-order valence-corrected chi connectivity index (χ2v) is 4.90. The van der Waals surface area contributed by atoms with E-state index in [0.29, 0.717) is 13.0 Å². The number of hydrogen-bond acceptors (Lipinski definition) is 4. The molecule has 5 heteroatoms. The molecule has 0 aliphatic carbocycles. The molecular weight excluding hydrogens is 242 g/mol. The van der Waals surface area contributed by atoms with Gasteiger partial charge in [0.25, 0.3) is 0 Å². The molecule has 2 rings (SSSR count). The molecule has 1 saturated heterocycles. The van der Waals surface area contributed by atoms with Gasteiger partial charge in [-0.25, -0.2) is 0 Å². The number of carbonyl (C=O) groups is 1. The number of carbonyl (C=O) groups excluding carboxylic acids is 1. The quantitative estimate of drug-likeness (QED) is 0.738. The van der Waals surface area contributed by atoms with E-state index in [9.17, 15) is 4.79 Å². The van der Waals surface area contributed by atoms with Crippen LogP contribution in [0, 0.1) is 0 Å². The van der Waals surface area contributed by atoms with Crippen LogP contribution in [0.3, 0.4) is 0 Å². The van der Waals surface area contributed by atoms with E-state index in [0.717, 1.165) is 25.2 Å². The molecule has 1 aromatic rings. The Morgan fingerprint density at radius 1 is 1.42 bits per heavy atom. The summed E-state index contributed by atoms with van der Waals surface area (Å²) in [6, 6.07) is 0.113. The lowest BCUT2D eigenvalue weighted by Crippen LogP contribution is -2.28. The number of ether oxygens (including phenoxy) is 1. The van der Waals surface area contributed by atoms with Gasteiger partial charge in [-0.2, -0.15) is 5.10 Å². The molecule has 1 aromatic heterocycles. The molecule has 1 aliphatic heterocycles. The summed E-state index contributed by atoms with van der Waals surface area (Å²) in [5.41, 5.74) is 1.12. The molecule has 5 nitrogen and oxygen atoms in total. The van der Waals surface area contributed by atoms with Crippen molar-refractivity contribution in [2.75, 3.05) is 19.7 Å². The summed E-state index contributed by atoms with van der Waals surface area (Å²) in [5, 5.41) is 4.32. The molecule has 1 aliphatic rings. The predicted octanol–water partition coefficient (Wildman–Crippen LogP) is 1.99. The lowest BCUT2D eigenvalue weighted by Gasteiger charge is -2.25. The van der Waals surface area contributed by atoms with Crippen molar-refractivity contribution < 1.29 is 9.53 Å². The van der Waals surface area contributed by atoms with E-state index in [4.69, 9.17) is 4.74 Å². The fraction of sp³-hybridized carbons (Fsp3) is 0.714. The number of rotatable bonds is 6. The SMILES string of the molecule is CCOC(=O)CC(c1cnn(CC)c1)N1CCCC1. The number of esters is 1. The van der Waals surface area contributed by atoms with Crippen LogP contribution in [-0.4, -0.2) is 40.3 Å². The van der Waals surface area contributed by atoms with Gasteiger partial charge in [0.05, 0.1) is 19.2 Å². The van der Waals surface area contributed by atoms with Gasteiger partial charge < -0.3 is 4.74 Å². The van der Waals surface area contributed by atoms with E-state index in [-0.39, 0.29) is 12.0 Å². The van der Waals surface area contributed by atoms with Gasteiger partial charge in [0.2, 0.25) is 0 Å². The first-order valence-corrected chi connectivity index (χ1v) is 7.16. The molecule has 0 radical (unpaired) electrons. The van der Waals surface area contributed by atoms with Crippen molar-refractivity contribution >= 4 is 5.97 Å². The van der Waals surface area contributed by atoms with Crippen molar-refractivity contribution in [3.05, 3.63) is 18.0 Å². The number of aryl methyl sites for hydroxylation is 1. The molecule has 0 saturated carbocycles. The molecule has 1 fully saturated rings. The Bertz CT molecular complexity index is 411. The minimum absolute atomic E-state index is 0.113. The van der Waals surface area contributed by atoms with Crippen molar-refractivity contribution in [2.24, 2.45) is 0 Å². The van der Waals surface area contributed by atoms with Gasteiger partial charge in [-0.05, 0) is 39.8 Å². The van der Waals surface area contributed by atoms with E-state index in [1.165, 1.54) is 12.8 Å². The third-order valence-electron chi connectivity index (χ3n) is 3.61. The Morgan fingerprint density at radius 3 is 2.74 bits per heavy atom. The fourth-order valence-electron chi connectivity index (χ4n) is 2.61. The lowest BCUT2D eigenvalue weighted by molar-refractivity contribution is -0.144. The van der Waals surface area contributed by atoms with E-state index < -0.39 is 0 Å². The largest absolute Gasteiger partial charge is 0.466 e. The molecule has 0 aromatic carbocycles. The van der Waals surface area contributed by atoms with Crippen molar-refractivity contribution in [2.45, 2.75) is 45.7 Å². The molecule has 0 N–H and O–H groups in total. The highest BCUT2D eigenvalue weighted by Crippen LogP contribution is 2.28. The molecular formula is C14H23N3O2. The second kappa shape index (κ2) is 6.70. The van der Waals surface area contributed by atoms with Crippen LogP contribution in [0.1, 0.15) is 44.7 Å². The predicted molar refractivity (Wildman–Crippen MR) is 72.7 cm³/mol. The molecule has 0 amide bonds. The van der Waals surface area contributed by atoms with Gasteiger partial charge in [0, 0.05) is 24.3 Å². The summed E-state index contributed by atoms with van der Waals surface area (Å²) in [6.45, 7) is 7.32. The fourth-order valence-corrected chi connectivity index (χ4v) is 2.61. The van der Waals surface area contributed by atoms with Crippen LogP contribution < -0.4 is 0 Å². The molecule has 1 atom stereocenters. The lowest BCUT2D eigenvalue weighted by atomic mass is 10.1. The molecule has 2 heterocycles. The Balaban J connectivity index is 2.10. The summed E-state index contributed by atoms with van der Waals surface area (Å²) in [4.78, 5) is 14.2. The van der Waals surface area contributed by atoms with E-state index in [1.807, 2.05) is 24.0 Å². The minimum atomic E-state index is -0.122. The van der Waals surface area contributed by atoms with Gasteiger partial charge in [-0.15, -0.1) is 0 Å². The van der Waals surface area contributed by atoms with Crippen LogP contribution in [0.4, 0.5) is 0 Å². The van der Waals surface area contributed by atoms with E-state index in [1.54, 1.807) is 0 Å². The Hall–Kier alpha value is -1.36. The van der Waals surface area contributed by atoms with Crippen molar-refractivity contribution in [1.82, 2.24) is 14.7 Å². The Morgan fingerprint density at radius 2 is 2.16 bits per heavy atom.